The first-order chi connectivity index (χ1) is 14.7. The Hall–Kier alpha value is -3.79. The normalized spacial score (nSPS) is 10.7. The summed E-state index contributed by atoms with van der Waals surface area (Å²) in [6, 6.07) is 23.5. The van der Waals surface area contributed by atoms with E-state index in [1.54, 1.807) is 12.1 Å². The molecule has 2 aromatic heterocycles. The summed E-state index contributed by atoms with van der Waals surface area (Å²) in [5.74, 6) is 0.302. The second-order valence-electron chi connectivity index (χ2n) is 7.36. The third kappa shape index (κ3) is 4.97. The van der Waals surface area contributed by atoms with E-state index in [9.17, 15) is 9.90 Å². The van der Waals surface area contributed by atoms with Crippen molar-refractivity contribution in [2.75, 3.05) is 0 Å². The number of aryl methyl sites for hydroxylation is 2. The molecule has 0 aliphatic carbocycles. The van der Waals surface area contributed by atoms with Gasteiger partial charge in [0, 0.05) is 41.8 Å². The molecule has 0 aliphatic rings. The van der Waals surface area contributed by atoms with Crippen molar-refractivity contribution in [1.82, 2.24) is 0 Å². The van der Waals surface area contributed by atoms with Gasteiger partial charge in [0.05, 0.1) is 0 Å². The van der Waals surface area contributed by atoms with Crippen molar-refractivity contribution >= 4 is 6.29 Å². The molecule has 4 nitrogen and oxygen atoms in total. The molecule has 4 heteroatoms. The standard InChI is InChI=1S/C26H23N2O2/c29-20-23-3-1-22(2-4-23)19-28-17-12-25(13-18-28)24-10-15-27(16-11-24)14-9-21-5-7-26(30)8-6-21/h1-8,10-13,15-18,20H,9,14,19H2/q+1/p+1. The van der Waals surface area contributed by atoms with E-state index in [1.165, 1.54) is 16.7 Å². The molecule has 0 aliphatic heterocycles. The predicted molar refractivity (Wildman–Crippen MR) is 115 cm³/mol. The number of aromatic hydroxyl groups is 1. The Balaban J connectivity index is 1.37. The number of carbonyl (C=O) groups excluding carboxylic acids is 1. The van der Waals surface area contributed by atoms with Gasteiger partial charge in [-0.2, -0.15) is 0 Å². The summed E-state index contributed by atoms with van der Waals surface area (Å²) in [4.78, 5) is 10.8. The van der Waals surface area contributed by atoms with Gasteiger partial charge in [-0.15, -0.1) is 0 Å². The van der Waals surface area contributed by atoms with Gasteiger partial charge in [0.1, 0.15) is 12.0 Å². The van der Waals surface area contributed by atoms with Gasteiger partial charge in [0.2, 0.25) is 0 Å². The minimum Gasteiger partial charge on any atom is -0.508 e. The van der Waals surface area contributed by atoms with E-state index in [1.807, 2.05) is 36.4 Å². The van der Waals surface area contributed by atoms with E-state index >= 15 is 0 Å². The van der Waals surface area contributed by atoms with E-state index < -0.39 is 0 Å². The van der Waals surface area contributed by atoms with Crippen molar-refractivity contribution in [2.24, 2.45) is 0 Å². The summed E-state index contributed by atoms with van der Waals surface area (Å²) >= 11 is 0. The number of pyridine rings is 2. The maximum atomic E-state index is 10.8. The fourth-order valence-corrected chi connectivity index (χ4v) is 3.39. The molecule has 0 atom stereocenters. The molecule has 1 N–H and O–H groups in total. The summed E-state index contributed by atoms with van der Waals surface area (Å²) in [6.07, 6.45) is 10.1. The van der Waals surface area contributed by atoms with Crippen LogP contribution in [0.2, 0.25) is 0 Å². The Labute approximate surface area is 176 Å². The Morgan fingerprint density at radius 2 is 1.20 bits per heavy atom. The van der Waals surface area contributed by atoms with Crippen LogP contribution in [0.3, 0.4) is 0 Å². The number of benzene rings is 2. The summed E-state index contributed by atoms with van der Waals surface area (Å²) in [5, 5.41) is 9.37. The van der Waals surface area contributed by atoms with Crippen LogP contribution in [0, 0.1) is 0 Å². The van der Waals surface area contributed by atoms with Crippen LogP contribution in [0.1, 0.15) is 21.5 Å². The van der Waals surface area contributed by atoms with Crippen molar-refractivity contribution in [3.63, 3.8) is 0 Å². The molecule has 0 saturated heterocycles. The molecule has 0 amide bonds. The molecular weight excluding hydrogens is 372 g/mol. The predicted octanol–water partition coefficient (Wildman–Crippen LogP) is 3.74. The largest absolute Gasteiger partial charge is 0.508 e. The molecule has 4 rings (SSSR count). The lowest BCUT2D eigenvalue weighted by atomic mass is 10.1. The molecule has 148 valence electrons. The van der Waals surface area contributed by atoms with Crippen molar-refractivity contribution in [2.45, 2.75) is 19.5 Å². The minimum absolute atomic E-state index is 0.302. The molecule has 0 spiro atoms. The van der Waals surface area contributed by atoms with Gasteiger partial charge >= 0.3 is 0 Å². The number of carbonyl (C=O) groups is 1. The van der Waals surface area contributed by atoms with E-state index in [0.29, 0.717) is 11.3 Å². The minimum atomic E-state index is 0.302. The fourth-order valence-electron chi connectivity index (χ4n) is 3.39. The van der Waals surface area contributed by atoms with Gasteiger partial charge < -0.3 is 5.11 Å². The molecule has 0 bridgehead atoms. The zero-order chi connectivity index (χ0) is 20.8. The van der Waals surface area contributed by atoms with Gasteiger partial charge in [-0.25, -0.2) is 9.13 Å². The molecule has 30 heavy (non-hydrogen) atoms. The van der Waals surface area contributed by atoms with Crippen molar-refractivity contribution in [3.8, 4) is 16.9 Å². The third-order valence-corrected chi connectivity index (χ3v) is 5.19. The lowest BCUT2D eigenvalue weighted by molar-refractivity contribution is -0.696. The van der Waals surface area contributed by atoms with Crippen LogP contribution in [-0.4, -0.2) is 11.4 Å². The van der Waals surface area contributed by atoms with Gasteiger partial charge in [0.15, 0.2) is 37.9 Å². The molecule has 0 saturated carbocycles. The zero-order valence-electron chi connectivity index (χ0n) is 16.7. The van der Waals surface area contributed by atoms with Crippen LogP contribution in [-0.2, 0) is 19.5 Å². The molecular formula is C26H24N2O2+2. The van der Waals surface area contributed by atoms with Crippen LogP contribution < -0.4 is 9.13 Å². The monoisotopic (exact) mass is 396 g/mol. The molecule has 4 aromatic rings. The van der Waals surface area contributed by atoms with E-state index in [0.717, 1.165) is 31.4 Å². The number of phenols is 1. The van der Waals surface area contributed by atoms with E-state index in [4.69, 9.17) is 0 Å². The number of aromatic nitrogens is 2. The zero-order valence-corrected chi connectivity index (χ0v) is 16.7. The third-order valence-electron chi connectivity index (χ3n) is 5.19. The number of hydrogen-bond acceptors (Lipinski definition) is 2. The average Bonchev–Trinajstić information content (AvgIpc) is 2.80. The highest BCUT2D eigenvalue weighted by Gasteiger charge is 2.07. The van der Waals surface area contributed by atoms with Crippen molar-refractivity contribution < 1.29 is 19.0 Å². The maximum absolute atomic E-state index is 10.8. The number of hydrogen-bond donors (Lipinski definition) is 1. The Morgan fingerprint density at radius 3 is 1.77 bits per heavy atom. The molecule has 0 radical (unpaired) electrons. The first-order valence-electron chi connectivity index (χ1n) is 10.0. The molecule has 2 aromatic carbocycles. The summed E-state index contributed by atoms with van der Waals surface area (Å²) in [5.41, 5.74) is 5.42. The quantitative estimate of drug-likeness (QED) is 0.382. The second kappa shape index (κ2) is 9.14. The SMILES string of the molecule is O=Cc1ccc(C[n+]2ccc(-c3cc[n+](CCc4ccc(O)cc4)cc3)cc2)cc1. The number of rotatable bonds is 7. The van der Waals surface area contributed by atoms with Crippen LogP contribution in [0.4, 0.5) is 0 Å². The first kappa shape index (κ1) is 19.5. The van der Waals surface area contributed by atoms with E-state index in [2.05, 4.69) is 58.2 Å². The molecule has 0 fully saturated rings. The highest BCUT2D eigenvalue weighted by atomic mass is 16.3. The average molecular weight is 396 g/mol. The summed E-state index contributed by atoms with van der Waals surface area (Å²) in [7, 11) is 0. The maximum Gasteiger partial charge on any atom is 0.173 e. The lowest BCUT2D eigenvalue weighted by Gasteiger charge is -2.03. The van der Waals surface area contributed by atoms with E-state index in [-0.39, 0.29) is 0 Å². The van der Waals surface area contributed by atoms with Crippen molar-refractivity contribution in [3.05, 3.63) is 114 Å². The fraction of sp³-hybridized carbons (Fsp3) is 0.115. The molecule has 2 heterocycles. The highest BCUT2D eigenvalue weighted by molar-refractivity contribution is 5.74. The Bertz CT molecular complexity index is 1100. The Morgan fingerprint density at radius 1 is 0.667 bits per heavy atom. The highest BCUT2D eigenvalue weighted by Crippen LogP contribution is 2.16. The summed E-state index contributed by atoms with van der Waals surface area (Å²) < 4.78 is 4.29. The number of phenolic OH excluding ortho intramolecular Hbond substituents is 1. The second-order valence-corrected chi connectivity index (χ2v) is 7.36. The first-order valence-corrected chi connectivity index (χ1v) is 10.0. The summed E-state index contributed by atoms with van der Waals surface area (Å²) in [6.45, 7) is 1.66. The molecule has 0 unspecified atom stereocenters. The van der Waals surface area contributed by atoms with Crippen LogP contribution in [0.5, 0.6) is 5.75 Å². The smallest absolute Gasteiger partial charge is 0.173 e. The van der Waals surface area contributed by atoms with Crippen LogP contribution in [0.25, 0.3) is 11.1 Å². The number of aldehydes is 1. The van der Waals surface area contributed by atoms with Crippen LogP contribution in [0.15, 0.2) is 97.6 Å². The van der Waals surface area contributed by atoms with Gasteiger partial charge in [0.25, 0.3) is 0 Å². The van der Waals surface area contributed by atoms with Crippen molar-refractivity contribution in [1.29, 1.82) is 0 Å². The Kier molecular flexibility index (Phi) is 5.95. The lowest BCUT2D eigenvalue weighted by Crippen LogP contribution is -2.34. The topological polar surface area (TPSA) is 45.1 Å². The number of nitrogens with zero attached hydrogens (tertiary/aromatic N) is 2. The van der Waals surface area contributed by atoms with Gasteiger partial charge in [-0.1, -0.05) is 36.4 Å². The van der Waals surface area contributed by atoms with Gasteiger partial charge in [-0.05, 0) is 28.8 Å². The van der Waals surface area contributed by atoms with Gasteiger partial charge in [-0.3, -0.25) is 4.79 Å². The van der Waals surface area contributed by atoms with Crippen LogP contribution >= 0.6 is 0 Å².